The molecule has 1 amide bonds. The zero-order valence-electron chi connectivity index (χ0n) is 13.9. The Bertz CT molecular complexity index is 298. The van der Waals surface area contributed by atoms with Crippen LogP contribution in [-0.2, 0) is 23.7 Å². The summed E-state index contributed by atoms with van der Waals surface area (Å²) in [6, 6.07) is 0.172. The van der Waals surface area contributed by atoms with Crippen molar-refractivity contribution in [3.05, 3.63) is 0 Å². The van der Waals surface area contributed by atoms with E-state index in [1.807, 2.05) is 25.7 Å². The third kappa shape index (κ3) is 5.54. The van der Waals surface area contributed by atoms with Crippen molar-refractivity contribution < 1.29 is 23.7 Å². The van der Waals surface area contributed by atoms with Gasteiger partial charge in [-0.1, -0.05) is 20.8 Å². The smallest absolute Gasteiger partial charge is 0.228 e. The maximum absolute atomic E-state index is 12.7. The van der Waals surface area contributed by atoms with E-state index in [1.165, 1.54) is 0 Å². The summed E-state index contributed by atoms with van der Waals surface area (Å²) in [5, 5.41) is 0. The molecule has 0 aliphatic carbocycles. The summed E-state index contributed by atoms with van der Waals surface area (Å²) in [6.07, 6.45) is 1.85. The maximum atomic E-state index is 12.7. The van der Waals surface area contributed by atoms with Gasteiger partial charge in [-0.15, -0.1) is 0 Å². The first-order valence-corrected chi connectivity index (χ1v) is 7.38. The van der Waals surface area contributed by atoms with Crippen LogP contribution in [0.2, 0.25) is 0 Å². The van der Waals surface area contributed by atoms with Gasteiger partial charge in [0.15, 0.2) is 0 Å². The molecular weight excluding hydrogens is 274 g/mol. The van der Waals surface area contributed by atoms with Gasteiger partial charge < -0.3 is 23.8 Å². The number of carbonyl (C=O) groups is 1. The highest BCUT2D eigenvalue weighted by atomic mass is 16.7. The number of hydrogen-bond donors (Lipinski definition) is 0. The lowest BCUT2D eigenvalue weighted by Gasteiger charge is -2.35. The Labute approximate surface area is 127 Å². The van der Waals surface area contributed by atoms with Gasteiger partial charge >= 0.3 is 0 Å². The van der Waals surface area contributed by atoms with Crippen LogP contribution in [-0.4, -0.2) is 63.9 Å². The van der Waals surface area contributed by atoms with E-state index in [9.17, 15) is 4.79 Å². The molecule has 124 valence electrons. The summed E-state index contributed by atoms with van der Waals surface area (Å²) in [7, 11) is 3.18. The Balaban J connectivity index is 2.68. The molecule has 0 saturated carbocycles. The molecular formula is C15H29NO5. The highest BCUT2D eigenvalue weighted by molar-refractivity contribution is 5.82. The average molecular weight is 303 g/mol. The van der Waals surface area contributed by atoms with Crippen LogP contribution in [0.15, 0.2) is 0 Å². The zero-order valence-corrected chi connectivity index (χ0v) is 13.9. The molecule has 0 N–H and O–H groups in total. The number of hydrogen-bond acceptors (Lipinski definition) is 5. The van der Waals surface area contributed by atoms with E-state index < -0.39 is 5.41 Å². The van der Waals surface area contributed by atoms with Crippen molar-refractivity contribution in [2.24, 2.45) is 5.41 Å². The van der Waals surface area contributed by atoms with E-state index in [1.54, 1.807) is 14.2 Å². The largest absolute Gasteiger partial charge is 0.359 e. The number of rotatable bonds is 8. The molecule has 2 atom stereocenters. The minimum Gasteiger partial charge on any atom is -0.359 e. The van der Waals surface area contributed by atoms with Crippen molar-refractivity contribution in [2.75, 3.05) is 41.0 Å². The summed E-state index contributed by atoms with van der Waals surface area (Å²) in [4.78, 5) is 14.6. The average Bonchev–Trinajstić information content (AvgIpc) is 2.80. The number of methoxy groups -OCH3 is 2. The molecule has 1 aliphatic heterocycles. The van der Waals surface area contributed by atoms with Crippen molar-refractivity contribution >= 4 is 5.91 Å². The second kappa shape index (κ2) is 8.68. The van der Waals surface area contributed by atoms with Gasteiger partial charge in [0.25, 0.3) is 0 Å². The zero-order chi connectivity index (χ0) is 15.9. The topological polar surface area (TPSA) is 57.2 Å². The minimum atomic E-state index is -0.413. The molecule has 0 aromatic heterocycles. The number of carbonyl (C=O) groups excluding carboxylic acids is 1. The molecule has 1 fully saturated rings. The van der Waals surface area contributed by atoms with E-state index in [0.29, 0.717) is 13.2 Å². The summed E-state index contributed by atoms with van der Waals surface area (Å²) in [5.74, 6) is 0.136. The van der Waals surface area contributed by atoms with Crippen LogP contribution in [0.25, 0.3) is 0 Å². The highest BCUT2D eigenvalue weighted by Crippen LogP contribution is 2.30. The van der Waals surface area contributed by atoms with Gasteiger partial charge in [0, 0.05) is 19.6 Å². The van der Waals surface area contributed by atoms with Gasteiger partial charge in [-0.05, 0) is 12.8 Å². The lowest BCUT2D eigenvalue weighted by Crippen LogP contribution is -2.49. The summed E-state index contributed by atoms with van der Waals surface area (Å²) < 4.78 is 20.7. The van der Waals surface area contributed by atoms with Crippen LogP contribution in [0.5, 0.6) is 0 Å². The normalized spacial score (nSPS) is 22.8. The SMILES string of the molecule is COCOC[C@@H]1CC[C@@H](COCOC)N1C(=O)C(C)(C)C. The molecule has 1 heterocycles. The maximum Gasteiger partial charge on any atom is 0.228 e. The Morgan fingerprint density at radius 1 is 1.00 bits per heavy atom. The minimum absolute atomic E-state index is 0.0861. The fourth-order valence-corrected chi connectivity index (χ4v) is 2.54. The van der Waals surface area contributed by atoms with Crippen molar-refractivity contribution in [1.29, 1.82) is 0 Å². The quantitative estimate of drug-likeness (QED) is 0.504. The molecule has 0 aromatic rings. The Morgan fingerprint density at radius 3 is 1.76 bits per heavy atom. The molecule has 0 spiro atoms. The lowest BCUT2D eigenvalue weighted by atomic mass is 9.94. The lowest BCUT2D eigenvalue weighted by molar-refractivity contribution is -0.147. The van der Waals surface area contributed by atoms with E-state index in [-0.39, 0.29) is 31.6 Å². The van der Waals surface area contributed by atoms with Crippen LogP contribution in [0.4, 0.5) is 0 Å². The second-order valence-corrected chi connectivity index (χ2v) is 6.40. The third-order valence-corrected chi connectivity index (χ3v) is 3.52. The first-order valence-electron chi connectivity index (χ1n) is 7.38. The molecule has 6 heteroatoms. The molecule has 1 rings (SSSR count). The summed E-state index contributed by atoms with van der Waals surface area (Å²) >= 11 is 0. The fourth-order valence-electron chi connectivity index (χ4n) is 2.54. The van der Waals surface area contributed by atoms with Gasteiger partial charge in [0.2, 0.25) is 5.91 Å². The first kappa shape index (κ1) is 18.4. The van der Waals surface area contributed by atoms with E-state index in [2.05, 4.69) is 0 Å². The molecule has 0 bridgehead atoms. The highest BCUT2D eigenvalue weighted by Gasteiger charge is 2.41. The number of nitrogens with zero attached hydrogens (tertiary/aromatic N) is 1. The predicted octanol–water partition coefficient (Wildman–Crippen LogP) is 1.63. The van der Waals surface area contributed by atoms with Gasteiger partial charge in [0.05, 0.1) is 25.3 Å². The molecule has 6 nitrogen and oxygen atoms in total. The molecule has 0 unspecified atom stereocenters. The standard InChI is InChI=1S/C15H29NO5/c1-15(2,3)14(17)16-12(8-20-10-18-4)6-7-13(16)9-21-11-19-5/h12-13H,6-11H2,1-5H3/t12-,13-/m0/s1. The Morgan fingerprint density at radius 2 is 1.43 bits per heavy atom. The van der Waals surface area contributed by atoms with Crippen LogP contribution in [0.3, 0.4) is 0 Å². The Hall–Kier alpha value is -0.690. The van der Waals surface area contributed by atoms with E-state index in [4.69, 9.17) is 18.9 Å². The van der Waals surface area contributed by atoms with Gasteiger partial charge in [-0.2, -0.15) is 0 Å². The third-order valence-electron chi connectivity index (χ3n) is 3.52. The van der Waals surface area contributed by atoms with Gasteiger partial charge in [-0.25, -0.2) is 0 Å². The Kier molecular flexibility index (Phi) is 7.59. The van der Waals surface area contributed by atoms with Crippen LogP contribution in [0.1, 0.15) is 33.6 Å². The van der Waals surface area contributed by atoms with Crippen LogP contribution >= 0.6 is 0 Å². The molecule has 0 aromatic carbocycles. The first-order chi connectivity index (χ1) is 9.91. The van der Waals surface area contributed by atoms with Crippen LogP contribution < -0.4 is 0 Å². The second-order valence-electron chi connectivity index (χ2n) is 6.40. The summed E-state index contributed by atoms with van der Waals surface area (Å²) in [5.41, 5.74) is -0.413. The van der Waals surface area contributed by atoms with Crippen LogP contribution in [0, 0.1) is 5.41 Å². The molecule has 1 aliphatic rings. The van der Waals surface area contributed by atoms with Gasteiger partial charge in [0.1, 0.15) is 13.6 Å². The molecule has 1 saturated heterocycles. The number of ether oxygens (including phenoxy) is 4. The van der Waals surface area contributed by atoms with Crippen molar-refractivity contribution in [3.8, 4) is 0 Å². The van der Waals surface area contributed by atoms with Crippen molar-refractivity contribution in [2.45, 2.75) is 45.7 Å². The molecule has 0 radical (unpaired) electrons. The van der Waals surface area contributed by atoms with Crippen molar-refractivity contribution in [1.82, 2.24) is 4.90 Å². The van der Waals surface area contributed by atoms with Crippen molar-refractivity contribution in [3.63, 3.8) is 0 Å². The molecule has 21 heavy (non-hydrogen) atoms. The fraction of sp³-hybridized carbons (Fsp3) is 0.933. The monoisotopic (exact) mass is 303 g/mol. The van der Waals surface area contributed by atoms with E-state index in [0.717, 1.165) is 12.8 Å². The summed E-state index contributed by atoms with van der Waals surface area (Å²) in [6.45, 7) is 7.31. The predicted molar refractivity (Wildman–Crippen MR) is 78.8 cm³/mol. The van der Waals surface area contributed by atoms with E-state index >= 15 is 0 Å². The number of amides is 1. The van der Waals surface area contributed by atoms with Gasteiger partial charge in [-0.3, -0.25) is 4.79 Å². The number of likely N-dealkylation sites (tertiary alicyclic amines) is 1.